The summed E-state index contributed by atoms with van der Waals surface area (Å²) >= 11 is 1.36. The summed E-state index contributed by atoms with van der Waals surface area (Å²) in [5, 5.41) is 8.80. The lowest BCUT2D eigenvalue weighted by Crippen LogP contribution is -2.40. The van der Waals surface area contributed by atoms with Crippen molar-refractivity contribution in [2.75, 3.05) is 31.6 Å². The number of rotatable bonds is 3. The molecular formula is C14H16N4O3S. The van der Waals surface area contributed by atoms with Crippen LogP contribution in [0.15, 0.2) is 23.6 Å². The number of amides is 2. The van der Waals surface area contributed by atoms with E-state index in [1.807, 2.05) is 11.4 Å². The average Bonchev–Trinajstić information content (AvgIpc) is 3.18. The molecule has 0 radical (unpaired) electrons. The Morgan fingerprint density at radius 3 is 2.82 bits per heavy atom. The number of morpholine rings is 1. The number of hydrogen-bond acceptors (Lipinski definition) is 5. The van der Waals surface area contributed by atoms with Crippen LogP contribution in [-0.2, 0) is 11.8 Å². The number of ether oxygens (including phenoxy) is 1. The molecule has 2 aromatic heterocycles. The summed E-state index contributed by atoms with van der Waals surface area (Å²) in [7, 11) is 1.69. The molecule has 0 unspecified atom stereocenters. The van der Waals surface area contributed by atoms with Gasteiger partial charge in [-0.05, 0) is 11.4 Å². The van der Waals surface area contributed by atoms with Crippen LogP contribution in [0.3, 0.4) is 0 Å². The predicted molar refractivity (Wildman–Crippen MR) is 82.2 cm³/mol. The zero-order valence-electron chi connectivity index (χ0n) is 12.1. The molecule has 0 saturated carbocycles. The van der Waals surface area contributed by atoms with E-state index >= 15 is 0 Å². The lowest BCUT2D eigenvalue weighted by Gasteiger charge is -2.25. The van der Waals surface area contributed by atoms with E-state index in [1.165, 1.54) is 16.0 Å². The maximum Gasteiger partial charge on any atom is 0.274 e. The summed E-state index contributed by atoms with van der Waals surface area (Å²) in [5.41, 5.74) is 0.325. The Balaban J connectivity index is 1.73. The molecule has 3 rings (SSSR count). The maximum atomic E-state index is 12.4. The van der Waals surface area contributed by atoms with E-state index in [2.05, 4.69) is 10.4 Å². The highest BCUT2D eigenvalue weighted by Crippen LogP contribution is 2.15. The van der Waals surface area contributed by atoms with Crippen molar-refractivity contribution in [2.45, 2.75) is 0 Å². The van der Waals surface area contributed by atoms with Crippen molar-refractivity contribution in [2.24, 2.45) is 7.05 Å². The SMILES string of the molecule is Cn1nc(C(=O)N2CCOCC2)cc1NC(=O)c1cccs1. The van der Waals surface area contributed by atoms with E-state index < -0.39 is 0 Å². The van der Waals surface area contributed by atoms with E-state index in [0.717, 1.165) is 0 Å². The third kappa shape index (κ3) is 3.02. The molecule has 1 saturated heterocycles. The maximum absolute atomic E-state index is 12.4. The molecule has 0 atom stereocenters. The van der Waals surface area contributed by atoms with Crippen molar-refractivity contribution in [3.63, 3.8) is 0 Å². The number of carbonyl (C=O) groups excluding carboxylic acids is 2. The molecule has 2 aromatic rings. The predicted octanol–water partition coefficient (Wildman–Crippen LogP) is 1.21. The van der Waals surface area contributed by atoms with Crippen LogP contribution in [0.4, 0.5) is 5.82 Å². The third-order valence-corrected chi connectivity index (χ3v) is 4.25. The zero-order chi connectivity index (χ0) is 15.5. The topological polar surface area (TPSA) is 76.5 Å². The van der Waals surface area contributed by atoms with Crippen molar-refractivity contribution in [1.82, 2.24) is 14.7 Å². The zero-order valence-corrected chi connectivity index (χ0v) is 12.9. The number of hydrogen-bond donors (Lipinski definition) is 1. The van der Waals surface area contributed by atoms with Crippen LogP contribution in [-0.4, -0.2) is 52.8 Å². The molecule has 1 aliphatic heterocycles. The van der Waals surface area contributed by atoms with Crippen LogP contribution in [0.2, 0.25) is 0 Å². The summed E-state index contributed by atoms with van der Waals surface area (Å²) in [5.74, 6) is 0.147. The monoisotopic (exact) mass is 320 g/mol. The normalized spacial score (nSPS) is 14.9. The van der Waals surface area contributed by atoms with Gasteiger partial charge in [-0.3, -0.25) is 14.3 Å². The molecule has 3 heterocycles. The Morgan fingerprint density at radius 1 is 1.36 bits per heavy atom. The fourth-order valence-corrected chi connectivity index (χ4v) is 2.82. The Kier molecular flexibility index (Phi) is 4.21. The number of aromatic nitrogens is 2. The molecule has 1 aliphatic rings. The van der Waals surface area contributed by atoms with Crippen LogP contribution < -0.4 is 5.32 Å². The van der Waals surface area contributed by atoms with Gasteiger partial charge < -0.3 is 15.0 Å². The number of nitrogens with one attached hydrogen (secondary N) is 1. The van der Waals surface area contributed by atoms with Gasteiger partial charge in [-0.25, -0.2) is 0 Å². The molecule has 0 aliphatic carbocycles. The van der Waals surface area contributed by atoms with Crippen LogP contribution in [0.1, 0.15) is 20.2 Å². The van der Waals surface area contributed by atoms with Gasteiger partial charge in [0.15, 0.2) is 5.69 Å². The van der Waals surface area contributed by atoms with Crippen LogP contribution in [0.25, 0.3) is 0 Å². The fourth-order valence-electron chi connectivity index (χ4n) is 2.20. The van der Waals surface area contributed by atoms with Crippen molar-refractivity contribution in [3.8, 4) is 0 Å². The Morgan fingerprint density at radius 2 is 2.14 bits per heavy atom. The molecule has 116 valence electrons. The van der Waals surface area contributed by atoms with Gasteiger partial charge in [0.05, 0.1) is 18.1 Å². The first-order chi connectivity index (χ1) is 10.6. The highest BCUT2D eigenvalue weighted by atomic mass is 32.1. The van der Waals surface area contributed by atoms with Gasteiger partial charge in [-0.1, -0.05) is 6.07 Å². The van der Waals surface area contributed by atoms with Crippen molar-refractivity contribution >= 4 is 29.0 Å². The molecule has 2 amide bonds. The third-order valence-electron chi connectivity index (χ3n) is 3.38. The van der Waals surface area contributed by atoms with E-state index in [4.69, 9.17) is 4.74 Å². The molecule has 22 heavy (non-hydrogen) atoms. The lowest BCUT2D eigenvalue weighted by atomic mass is 10.3. The number of anilines is 1. The molecule has 0 aromatic carbocycles. The molecule has 1 N–H and O–H groups in total. The summed E-state index contributed by atoms with van der Waals surface area (Å²) < 4.78 is 6.73. The van der Waals surface area contributed by atoms with E-state index in [9.17, 15) is 9.59 Å². The van der Waals surface area contributed by atoms with Gasteiger partial charge in [-0.2, -0.15) is 5.10 Å². The Bertz CT molecular complexity index is 674. The molecule has 1 fully saturated rings. The lowest BCUT2D eigenvalue weighted by molar-refractivity contribution is 0.0298. The standard InChI is InChI=1S/C14H16N4O3S/c1-17-12(15-13(19)11-3-2-8-22-11)9-10(16-17)14(20)18-4-6-21-7-5-18/h2-3,8-9H,4-7H2,1H3,(H,15,19). The molecule has 0 spiro atoms. The number of carbonyl (C=O) groups is 2. The van der Waals surface area contributed by atoms with E-state index in [-0.39, 0.29) is 11.8 Å². The van der Waals surface area contributed by atoms with Crippen molar-refractivity contribution < 1.29 is 14.3 Å². The second-order valence-electron chi connectivity index (χ2n) is 4.87. The molecular weight excluding hydrogens is 304 g/mol. The Hall–Kier alpha value is -2.19. The molecule has 0 bridgehead atoms. The first kappa shape index (κ1) is 14.7. The Labute approximate surface area is 131 Å². The summed E-state index contributed by atoms with van der Waals surface area (Å²) in [6.45, 7) is 2.21. The van der Waals surface area contributed by atoms with Crippen molar-refractivity contribution in [3.05, 3.63) is 34.2 Å². The highest BCUT2D eigenvalue weighted by molar-refractivity contribution is 7.12. The van der Waals surface area contributed by atoms with Gasteiger partial charge in [0.1, 0.15) is 5.82 Å². The quantitative estimate of drug-likeness (QED) is 0.922. The van der Waals surface area contributed by atoms with Crippen LogP contribution in [0.5, 0.6) is 0 Å². The average molecular weight is 320 g/mol. The smallest absolute Gasteiger partial charge is 0.274 e. The molecule has 7 nitrogen and oxygen atoms in total. The molecule has 8 heteroatoms. The largest absolute Gasteiger partial charge is 0.378 e. The number of nitrogens with zero attached hydrogens (tertiary/aromatic N) is 3. The minimum Gasteiger partial charge on any atom is -0.378 e. The summed E-state index contributed by atoms with van der Waals surface area (Å²) in [4.78, 5) is 26.7. The van der Waals surface area contributed by atoms with E-state index in [1.54, 1.807) is 24.1 Å². The minimum absolute atomic E-state index is 0.143. The van der Waals surface area contributed by atoms with Gasteiger partial charge in [0.2, 0.25) is 0 Å². The second kappa shape index (κ2) is 6.29. The van der Waals surface area contributed by atoms with E-state index in [0.29, 0.717) is 42.7 Å². The van der Waals surface area contributed by atoms with Gasteiger partial charge in [0.25, 0.3) is 11.8 Å². The van der Waals surface area contributed by atoms with Gasteiger partial charge in [-0.15, -0.1) is 11.3 Å². The fraction of sp³-hybridized carbons (Fsp3) is 0.357. The van der Waals surface area contributed by atoms with Crippen LogP contribution in [0, 0.1) is 0 Å². The van der Waals surface area contributed by atoms with Crippen molar-refractivity contribution in [1.29, 1.82) is 0 Å². The summed E-state index contributed by atoms with van der Waals surface area (Å²) in [6, 6.07) is 5.16. The second-order valence-corrected chi connectivity index (χ2v) is 5.82. The first-order valence-electron chi connectivity index (χ1n) is 6.91. The van der Waals surface area contributed by atoms with Crippen LogP contribution >= 0.6 is 11.3 Å². The first-order valence-corrected chi connectivity index (χ1v) is 7.79. The summed E-state index contributed by atoms with van der Waals surface area (Å²) in [6.07, 6.45) is 0. The minimum atomic E-state index is -0.205. The van der Waals surface area contributed by atoms with Gasteiger partial charge in [0, 0.05) is 26.2 Å². The number of thiophene rings is 1. The highest BCUT2D eigenvalue weighted by Gasteiger charge is 2.22. The van der Waals surface area contributed by atoms with Gasteiger partial charge >= 0.3 is 0 Å². The number of aryl methyl sites for hydroxylation is 1.